The lowest BCUT2D eigenvalue weighted by atomic mass is 10.1. The fraction of sp³-hybridized carbons (Fsp3) is 0.412. The van der Waals surface area contributed by atoms with Crippen molar-refractivity contribution in [2.24, 2.45) is 0 Å². The number of carbonyl (C=O) groups is 1. The van der Waals surface area contributed by atoms with Gasteiger partial charge in [0, 0.05) is 35.8 Å². The summed E-state index contributed by atoms with van der Waals surface area (Å²) in [6.45, 7) is 0.743. The Hall–Kier alpha value is -2.50. The van der Waals surface area contributed by atoms with Crippen LogP contribution in [-0.2, 0) is 17.6 Å². The predicted octanol–water partition coefficient (Wildman–Crippen LogP) is 2.08. The molecule has 118 valence electrons. The van der Waals surface area contributed by atoms with E-state index in [1.807, 2.05) is 17.0 Å². The highest BCUT2D eigenvalue weighted by atomic mass is 16.4. The van der Waals surface area contributed by atoms with Crippen LogP contribution >= 0.6 is 0 Å². The monoisotopic (exact) mass is 310 g/mol. The molecule has 0 unspecified atom stereocenters. The first-order chi connectivity index (χ1) is 11.2. The highest BCUT2D eigenvalue weighted by Gasteiger charge is 2.34. The Kier molecular flexibility index (Phi) is 3.44. The molecule has 2 aromatic heterocycles. The van der Waals surface area contributed by atoms with Crippen LogP contribution in [0.2, 0.25) is 0 Å². The number of hydrogen-bond donors (Lipinski definition) is 1. The maximum Gasteiger partial charge on any atom is 0.326 e. The van der Waals surface area contributed by atoms with Gasteiger partial charge in [0.2, 0.25) is 0 Å². The number of aryl methyl sites for hydroxylation is 1. The molecule has 0 aromatic carbocycles. The van der Waals surface area contributed by atoms with Gasteiger partial charge in [-0.3, -0.25) is 4.98 Å². The highest BCUT2D eigenvalue weighted by Crippen LogP contribution is 2.34. The van der Waals surface area contributed by atoms with E-state index < -0.39 is 12.0 Å². The number of fused-ring (bicyclic) bond motifs is 1. The van der Waals surface area contributed by atoms with Crippen LogP contribution in [0.4, 0.5) is 5.82 Å². The molecule has 1 saturated heterocycles. The van der Waals surface area contributed by atoms with E-state index >= 15 is 0 Å². The SMILES string of the molecule is O=C(O)[C@@H]1CCCN1c1nc(-c2cccnc2)nc2c1CCC2. The van der Waals surface area contributed by atoms with Crippen LogP contribution in [0.25, 0.3) is 11.4 Å². The quantitative estimate of drug-likeness (QED) is 0.935. The van der Waals surface area contributed by atoms with Gasteiger partial charge in [-0.05, 0) is 44.2 Å². The van der Waals surface area contributed by atoms with Crippen molar-refractivity contribution in [1.29, 1.82) is 0 Å². The average Bonchev–Trinajstić information content (AvgIpc) is 3.23. The summed E-state index contributed by atoms with van der Waals surface area (Å²) in [4.78, 5) is 27.1. The van der Waals surface area contributed by atoms with Crippen LogP contribution in [-0.4, -0.2) is 38.6 Å². The lowest BCUT2D eigenvalue weighted by Gasteiger charge is -2.25. The molecule has 1 fully saturated rings. The number of aromatic nitrogens is 3. The minimum Gasteiger partial charge on any atom is -0.480 e. The van der Waals surface area contributed by atoms with Gasteiger partial charge in [-0.2, -0.15) is 0 Å². The number of aliphatic carboxylic acids is 1. The number of nitrogens with zero attached hydrogens (tertiary/aromatic N) is 4. The Morgan fingerprint density at radius 1 is 1.26 bits per heavy atom. The zero-order chi connectivity index (χ0) is 15.8. The van der Waals surface area contributed by atoms with Gasteiger partial charge in [0.1, 0.15) is 11.9 Å². The molecule has 1 aliphatic heterocycles. The van der Waals surface area contributed by atoms with E-state index in [0.717, 1.165) is 54.9 Å². The van der Waals surface area contributed by atoms with Crippen LogP contribution in [0.5, 0.6) is 0 Å². The van der Waals surface area contributed by atoms with E-state index in [1.165, 1.54) is 0 Å². The van der Waals surface area contributed by atoms with E-state index in [-0.39, 0.29) is 0 Å². The van der Waals surface area contributed by atoms with Crippen molar-refractivity contribution < 1.29 is 9.90 Å². The van der Waals surface area contributed by atoms with Gasteiger partial charge in [-0.1, -0.05) is 0 Å². The van der Waals surface area contributed by atoms with Crippen molar-refractivity contribution in [3.8, 4) is 11.4 Å². The van der Waals surface area contributed by atoms with Gasteiger partial charge in [-0.25, -0.2) is 14.8 Å². The van der Waals surface area contributed by atoms with E-state index in [9.17, 15) is 9.90 Å². The molecule has 2 aliphatic rings. The number of hydrogen-bond acceptors (Lipinski definition) is 5. The summed E-state index contributed by atoms with van der Waals surface area (Å²) in [6, 6.07) is 3.32. The third-order valence-electron chi connectivity index (χ3n) is 4.64. The number of pyridine rings is 1. The number of carboxylic acid groups (broad SMARTS) is 1. The highest BCUT2D eigenvalue weighted by molar-refractivity contribution is 5.79. The Morgan fingerprint density at radius 2 is 2.17 bits per heavy atom. The molecule has 6 heteroatoms. The Bertz CT molecular complexity index is 748. The fourth-order valence-corrected chi connectivity index (χ4v) is 3.55. The molecule has 2 aromatic rings. The van der Waals surface area contributed by atoms with Crippen LogP contribution < -0.4 is 4.90 Å². The lowest BCUT2D eigenvalue weighted by Crippen LogP contribution is -2.37. The molecular formula is C17H18N4O2. The lowest BCUT2D eigenvalue weighted by molar-refractivity contribution is -0.138. The summed E-state index contributed by atoms with van der Waals surface area (Å²) < 4.78 is 0. The van der Waals surface area contributed by atoms with Crippen molar-refractivity contribution in [3.05, 3.63) is 35.8 Å². The fourth-order valence-electron chi connectivity index (χ4n) is 3.55. The van der Waals surface area contributed by atoms with Crippen LogP contribution in [0.3, 0.4) is 0 Å². The molecule has 0 saturated carbocycles. The van der Waals surface area contributed by atoms with E-state index in [2.05, 4.69) is 4.98 Å². The molecular weight excluding hydrogens is 292 g/mol. The van der Waals surface area contributed by atoms with Gasteiger partial charge < -0.3 is 10.0 Å². The third-order valence-corrected chi connectivity index (χ3v) is 4.64. The molecule has 4 rings (SSSR count). The number of carboxylic acids is 1. The van der Waals surface area contributed by atoms with Crippen LogP contribution in [0.1, 0.15) is 30.5 Å². The number of anilines is 1. The molecule has 0 spiro atoms. The molecule has 1 N–H and O–H groups in total. The van der Waals surface area contributed by atoms with Gasteiger partial charge >= 0.3 is 5.97 Å². The standard InChI is InChI=1S/C17H18N4O2/c22-17(23)14-7-3-9-21(14)16-12-5-1-6-13(12)19-15(20-16)11-4-2-8-18-10-11/h2,4,8,10,14H,1,3,5-7,9H2,(H,22,23)/t14-/m0/s1. The maximum atomic E-state index is 11.5. The minimum atomic E-state index is -0.768. The molecule has 23 heavy (non-hydrogen) atoms. The second-order valence-corrected chi connectivity index (χ2v) is 6.08. The number of rotatable bonds is 3. The summed E-state index contributed by atoms with van der Waals surface area (Å²) in [5, 5.41) is 9.48. The average molecular weight is 310 g/mol. The molecule has 6 nitrogen and oxygen atoms in total. The topological polar surface area (TPSA) is 79.2 Å². The first-order valence-corrected chi connectivity index (χ1v) is 8.03. The second kappa shape index (κ2) is 5.61. The summed E-state index contributed by atoms with van der Waals surface area (Å²) >= 11 is 0. The first kappa shape index (κ1) is 14.1. The van der Waals surface area contributed by atoms with E-state index in [1.54, 1.807) is 12.4 Å². The summed E-state index contributed by atoms with van der Waals surface area (Å²) in [6.07, 6.45) is 7.95. The summed E-state index contributed by atoms with van der Waals surface area (Å²) in [5.74, 6) is 0.692. The normalized spacial score (nSPS) is 19.8. The third kappa shape index (κ3) is 2.44. The van der Waals surface area contributed by atoms with Gasteiger partial charge in [0.15, 0.2) is 5.82 Å². The molecule has 3 heterocycles. The second-order valence-electron chi connectivity index (χ2n) is 6.08. The predicted molar refractivity (Wildman–Crippen MR) is 85.3 cm³/mol. The van der Waals surface area contributed by atoms with Crippen molar-refractivity contribution in [1.82, 2.24) is 15.0 Å². The molecule has 0 radical (unpaired) electrons. The smallest absolute Gasteiger partial charge is 0.326 e. The van der Waals surface area contributed by atoms with E-state index in [4.69, 9.17) is 9.97 Å². The summed E-state index contributed by atoms with van der Waals surface area (Å²) in [7, 11) is 0. The Labute approximate surface area is 134 Å². The van der Waals surface area contributed by atoms with Crippen molar-refractivity contribution in [3.63, 3.8) is 0 Å². The van der Waals surface area contributed by atoms with Crippen molar-refractivity contribution in [2.45, 2.75) is 38.1 Å². The van der Waals surface area contributed by atoms with Gasteiger partial charge in [0.25, 0.3) is 0 Å². The van der Waals surface area contributed by atoms with Gasteiger partial charge in [0.05, 0.1) is 0 Å². The van der Waals surface area contributed by atoms with E-state index in [0.29, 0.717) is 12.2 Å². The zero-order valence-electron chi connectivity index (χ0n) is 12.8. The largest absolute Gasteiger partial charge is 0.480 e. The van der Waals surface area contributed by atoms with Crippen molar-refractivity contribution >= 4 is 11.8 Å². The molecule has 0 bridgehead atoms. The molecule has 1 aliphatic carbocycles. The summed E-state index contributed by atoms with van der Waals surface area (Å²) in [5.41, 5.74) is 3.06. The van der Waals surface area contributed by atoms with Crippen molar-refractivity contribution in [2.75, 3.05) is 11.4 Å². The Morgan fingerprint density at radius 3 is 2.96 bits per heavy atom. The van der Waals surface area contributed by atoms with Crippen LogP contribution in [0, 0.1) is 0 Å². The molecule has 1 atom stereocenters. The first-order valence-electron chi connectivity index (χ1n) is 8.03. The molecule has 0 amide bonds. The van der Waals surface area contributed by atoms with Crippen LogP contribution in [0.15, 0.2) is 24.5 Å². The maximum absolute atomic E-state index is 11.5. The minimum absolute atomic E-state index is 0.476. The van der Waals surface area contributed by atoms with Gasteiger partial charge in [-0.15, -0.1) is 0 Å². The zero-order valence-corrected chi connectivity index (χ0v) is 12.8. The Balaban J connectivity index is 1.83.